The fourth-order valence-corrected chi connectivity index (χ4v) is 3.44. The van der Waals surface area contributed by atoms with Crippen molar-refractivity contribution in [2.75, 3.05) is 36.4 Å². The number of anilines is 2. The summed E-state index contributed by atoms with van der Waals surface area (Å²) in [6.07, 6.45) is 0. The van der Waals surface area contributed by atoms with Crippen LogP contribution in [0.25, 0.3) is 0 Å². The SMILES string of the molecule is Cc1cccc(N2CCN([C@@H](C)C(=O)Nc3c(F)cccc3F)CC2)c1C. The van der Waals surface area contributed by atoms with Crippen molar-refractivity contribution in [2.45, 2.75) is 26.8 Å². The van der Waals surface area contributed by atoms with Gasteiger partial charge >= 0.3 is 0 Å². The van der Waals surface area contributed by atoms with Crippen molar-refractivity contribution in [3.8, 4) is 0 Å². The summed E-state index contributed by atoms with van der Waals surface area (Å²) in [7, 11) is 0. The van der Waals surface area contributed by atoms with Crippen LogP contribution >= 0.6 is 0 Å². The van der Waals surface area contributed by atoms with Gasteiger partial charge in [-0.3, -0.25) is 9.69 Å². The topological polar surface area (TPSA) is 35.6 Å². The van der Waals surface area contributed by atoms with E-state index in [1.807, 2.05) is 4.90 Å². The first-order valence-electron chi connectivity index (χ1n) is 9.18. The molecule has 0 saturated carbocycles. The molecule has 1 fully saturated rings. The summed E-state index contributed by atoms with van der Waals surface area (Å²) < 4.78 is 27.5. The van der Waals surface area contributed by atoms with Gasteiger partial charge in [0.2, 0.25) is 5.91 Å². The summed E-state index contributed by atoms with van der Waals surface area (Å²) in [6, 6.07) is 9.35. The van der Waals surface area contributed by atoms with E-state index >= 15 is 0 Å². The van der Waals surface area contributed by atoms with Gasteiger partial charge in [-0.1, -0.05) is 18.2 Å². The Hall–Kier alpha value is -2.47. The molecule has 0 aromatic heterocycles. The van der Waals surface area contributed by atoms with Gasteiger partial charge in [0.15, 0.2) is 0 Å². The van der Waals surface area contributed by atoms with Crippen LogP contribution in [-0.2, 0) is 4.79 Å². The van der Waals surface area contributed by atoms with Gasteiger partial charge < -0.3 is 10.2 Å². The zero-order chi connectivity index (χ0) is 19.6. The minimum Gasteiger partial charge on any atom is -0.369 e. The molecular weight excluding hydrogens is 348 g/mol. The number of para-hydroxylation sites is 1. The molecule has 0 unspecified atom stereocenters. The standard InChI is InChI=1S/C21H25F2N3O/c1-14-6-4-9-19(15(14)2)26-12-10-25(11-13-26)16(3)21(27)24-20-17(22)7-5-8-18(20)23/h4-9,16H,10-13H2,1-3H3,(H,24,27)/t16-/m0/s1. The maximum absolute atomic E-state index is 13.8. The average molecular weight is 373 g/mol. The van der Waals surface area contributed by atoms with Gasteiger partial charge in [0.05, 0.1) is 6.04 Å². The molecule has 27 heavy (non-hydrogen) atoms. The molecule has 1 saturated heterocycles. The van der Waals surface area contributed by atoms with E-state index in [4.69, 9.17) is 0 Å². The summed E-state index contributed by atoms with van der Waals surface area (Å²) >= 11 is 0. The summed E-state index contributed by atoms with van der Waals surface area (Å²) in [5.74, 6) is -1.94. The Morgan fingerprint density at radius 3 is 2.22 bits per heavy atom. The monoisotopic (exact) mass is 373 g/mol. The first-order valence-corrected chi connectivity index (χ1v) is 9.18. The van der Waals surface area contributed by atoms with Crippen LogP contribution < -0.4 is 10.2 Å². The number of piperazine rings is 1. The van der Waals surface area contributed by atoms with Crippen LogP contribution in [0.4, 0.5) is 20.2 Å². The molecule has 4 nitrogen and oxygen atoms in total. The molecule has 1 amide bonds. The van der Waals surface area contributed by atoms with Crippen LogP contribution in [0, 0.1) is 25.5 Å². The highest BCUT2D eigenvalue weighted by molar-refractivity contribution is 5.94. The molecule has 2 aromatic carbocycles. The number of hydrogen-bond acceptors (Lipinski definition) is 3. The van der Waals surface area contributed by atoms with E-state index < -0.39 is 23.6 Å². The maximum Gasteiger partial charge on any atom is 0.241 e. The number of benzene rings is 2. The third-order valence-corrected chi connectivity index (χ3v) is 5.37. The fraction of sp³-hybridized carbons (Fsp3) is 0.381. The molecule has 0 aliphatic carbocycles. The van der Waals surface area contributed by atoms with Crippen LogP contribution in [0.15, 0.2) is 36.4 Å². The molecule has 2 aromatic rings. The maximum atomic E-state index is 13.8. The van der Waals surface area contributed by atoms with E-state index in [-0.39, 0.29) is 5.69 Å². The molecule has 6 heteroatoms. The zero-order valence-electron chi connectivity index (χ0n) is 15.9. The van der Waals surface area contributed by atoms with Gasteiger partial charge in [0.25, 0.3) is 0 Å². The number of aryl methyl sites for hydroxylation is 1. The molecule has 1 aliphatic heterocycles. The second kappa shape index (κ2) is 8.05. The van der Waals surface area contributed by atoms with Crippen molar-refractivity contribution >= 4 is 17.3 Å². The highest BCUT2D eigenvalue weighted by Crippen LogP contribution is 2.24. The minimum atomic E-state index is -0.768. The van der Waals surface area contributed by atoms with Crippen molar-refractivity contribution < 1.29 is 13.6 Å². The Morgan fingerprint density at radius 2 is 1.59 bits per heavy atom. The molecule has 1 atom stereocenters. The van der Waals surface area contributed by atoms with Crippen LogP contribution in [0.1, 0.15) is 18.1 Å². The van der Waals surface area contributed by atoms with Crippen LogP contribution in [0.3, 0.4) is 0 Å². The molecule has 3 rings (SSSR count). The highest BCUT2D eigenvalue weighted by atomic mass is 19.1. The van der Waals surface area contributed by atoms with Crippen LogP contribution in [-0.4, -0.2) is 43.0 Å². The number of nitrogens with zero attached hydrogens (tertiary/aromatic N) is 2. The largest absolute Gasteiger partial charge is 0.369 e. The normalized spacial score (nSPS) is 16.3. The van der Waals surface area contributed by atoms with Crippen LogP contribution in [0.5, 0.6) is 0 Å². The average Bonchev–Trinajstić information content (AvgIpc) is 2.66. The Balaban J connectivity index is 1.62. The molecule has 1 heterocycles. The third-order valence-electron chi connectivity index (χ3n) is 5.37. The van der Waals surface area contributed by atoms with E-state index in [1.165, 1.54) is 22.9 Å². The van der Waals surface area contributed by atoms with Crippen molar-refractivity contribution in [3.05, 3.63) is 59.2 Å². The Labute approximate surface area is 158 Å². The third kappa shape index (κ3) is 4.11. The Morgan fingerprint density at radius 1 is 1.00 bits per heavy atom. The van der Waals surface area contributed by atoms with Gasteiger partial charge in [0, 0.05) is 31.9 Å². The lowest BCUT2D eigenvalue weighted by atomic mass is 10.1. The second-order valence-corrected chi connectivity index (χ2v) is 7.00. The van der Waals surface area contributed by atoms with E-state index in [0.29, 0.717) is 13.1 Å². The van der Waals surface area contributed by atoms with Crippen LogP contribution in [0.2, 0.25) is 0 Å². The number of hydrogen-bond donors (Lipinski definition) is 1. The molecule has 0 bridgehead atoms. The lowest BCUT2D eigenvalue weighted by molar-refractivity contribution is -0.120. The lowest BCUT2D eigenvalue weighted by Crippen LogP contribution is -2.53. The number of rotatable bonds is 4. The smallest absolute Gasteiger partial charge is 0.241 e. The second-order valence-electron chi connectivity index (χ2n) is 7.00. The van der Waals surface area contributed by atoms with Crippen molar-refractivity contribution in [1.29, 1.82) is 0 Å². The van der Waals surface area contributed by atoms with Crippen molar-refractivity contribution in [3.63, 3.8) is 0 Å². The number of halogens is 2. The predicted molar refractivity (Wildman–Crippen MR) is 104 cm³/mol. The quantitative estimate of drug-likeness (QED) is 0.887. The van der Waals surface area contributed by atoms with Gasteiger partial charge in [-0.05, 0) is 50.1 Å². The number of nitrogens with one attached hydrogen (secondary N) is 1. The molecule has 0 radical (unpaired) electrons. The number of carbonyl (C=O) groups is 1. The number of amides is 1. The van der Waals surface area contributed by atoms with E-state index in [2.05, 4.69) is 42.3 Å². The van der Waals surface area contributed by atoms with Gasteiger partial charge in [-0.15, -0.1) is 0 Å². The van der Waals surface area contributed by atoms with E-state index in [1.54, 1.807) is 6.92 Å². The lowest BCUT2D eigenvalue weighted by Gasteiger charge is -2.39. The van der Waals surface area contributed by atoms with Gasteiger partial charge in [-0.2, -0.15) is 0 Å². The van der Waals surface area contributed by atoms with E-state index in [0.717, 1.165) is 25.2 Å². The number of carbonyl (C=O) groups excluding carboxylic acids is 1. The molecule has 1 aliphatic rings. The fourth-order valence-electron chi connectivity index (χ4n) is 3.44. The zero-order valence-corrected chi connectivity index (χ0v) is 15.9. The molecule has 0 spiro atoms. The van der Waals surface area contributed by atoms with Gasteiger partial charge in [0.1, 0.15) is 17.3 Å². The Kier molecular flexibility index (Phi) is 5.75. The highest BCUT2D eigenvalue weighted by Gasteiger charge is 2.27. The molecule has 1 N–H and O–H groups in total. The summed E-state index contributed by atoms with van der Waals surface area (Å²) in [5.41, 5.74) is 3.37. The van der Waals surface area contributed by atoms with Gasteiger partial charge in [-0.25, -0.2) is 8.78 Å². The van der Waals surface area contributed by atoms with E-state index in [9.17, 15) is 13.6 Å². The molecular formula is C21H25F2N3O. The summed E-state index contributed by atoms with van der Waals surface area (Å²) in [5, 5.41) is 2.39. The first-order chi connectivity index (χ1) is 12.9. The summed E-state index contributed by atoms with van der Waals surface area (Å²) in [6.45, 7) is 9.01. The van der Waals surface area contributed by atoms with Crippen molar-refractivity contribution in [1.82, 2.24) is 4.90 Å². The Bertz CT molecular complexity index is 812. The summed E-state index contributed by atoms with van der Waals surface area (Å²) in [4.78, 5) is 16.8. The molecule has 144 valence electrons. The van der Waals surface area contributed by atoms with Crippen molar-refractivity contribution in [2.24, 2.45) is 0 Å². The first kappa shape index (κ1) is 19.3. The minimum absolute atomic E-state index is 0.386. The predicted octanol–water partition coefficient (Wildman–Crippen LogP) is 3.73.